The molecule has 2 aliphatic rings. The minimum atomic E-state index is -0.360. The quantitative estimate of drug-likeness (QED) is 0.859. The summed E-state index contributed by atoms with van der Waals surface area (Å²) in [6, 6.07) is 8.81. The molecular weight excluding hydrogens is 368 g/mol. The number of piperazine rings is 1. The molecule has 150 valence electrons. The van der Waals surface area contributed by atoms with Crippen LogP contribution in [0.3, 0.4) is 0 Å². The van der Waals surface area contributed by atoms with Crippen molar-refractivity contribution < 1.29 is 9.59 Å². The van der Waals surface area contributed by atoms with E-state index in [2.05, 4.69) is 21.3 Å². The standard InChI is InChI=1S/C21H24N6O2/c1-25-9-11-26(12-10-25)21(29)18-17-7-2-3-8-27(17)19(24-18)20(28)23-16-6-4-5-15(13-16)14-22/h4-6,13H,2-3,7-12H2,1H3,(H,23,28). The molecule has 4 rings (SSSR count). The van der Waals surface area contributed by atoms with Crippen molar-refractivity contribution in [3.8, 4) is 6.07 Å². The lowest BCUT2D eigenvalue weighted by atomic mass is 10.1. The van der Waals surface area contributed by atoms with Gasteiger partial charge in [-0.3, -0.25) is 9.59 Å². The average Bonchev–Trinajstić information content (AvgIpc) is 3.14. The number of aromatic nitrogens is 2. The molecule has 8 heteroatoms. The van der Waals surface area contributed by atoms with Gasteiger partial charge in [0.1, 0.15) is 5.69 Å². The summed E-state index contributed by atoms with van der Waals surface area (Å²) in [6.45, 7) is 3.70. The van der Waals surface area contributed by atoms with Gasteiger partial charge in [0, 0.05) is 38.4 Å². The molecule has 1 N–H and O–H groups in total. The van der Waals surface area contributed by atoms with Crippen molar-refractivity contribution in [2.24, 2.45) is 0 Å². The van der Waals surface area contributed by atoms with E-state index < -0.39 is 0 Å². The van der Waals surface area contributed by atoms with Crippen LogP contribution in [0.4, 0.5) is 5.69 Å². The van der Waals surface area contributed by atoms with Crippen molar-refractivity contribution >= 4 is 17.5 Å². The van der Waals surface area contributed by atoms with E-state index in [9.17, 15) is 9.59 Å². The second-order valence-electron chi connectivity index (χ2n) is 7.58. The molecule has 29 heavy (non-hydrogen) atoms. The van der Waals surface area contributed by atoms with Gasteiger partial charge in [0.15, 0.2) is 5.82 Å². The first-order chi connectivity index (χ1) is 14.1. The third-order valence-corrected chi connectivity index (χ3v) is 5.56. The average molecular weight is 392 g/mol. The maximum Gasteiger partial charge on any atom is 0.291 e. The molecule has 0 radical (unpaired) electrons. The van der Waals surface area contributed by atoms with Crippen LogP contribution in [-0.4, -0.2) is 64.4 Å². The zero-order chi connectivity index (χ0) is 20.4. The van der Waals surface area contributed by atoms with Gasteiger partial charge in [-0.2, -0.15) is 5.26 Å². The predicted octanol–water partition coefficient (Wildman–Crippen LogP) is 1.73. The first-order valence-electron chi connectivity index (χ1n) is 9.95. The molecule has 2 aromatic rings. The third-order valence-electron chi connectivity index (χ3n) is 5.56. The number of fused-ring (bicyclic) bond motifs is 1. The summed E-state index contributed by atoms with van der Waals surface area (Å²) in [5, 5.41) is 11.9. The zero-order valence-corrected chi connectivity index (χ0v) is 16.5. The molecular formula is C21H24N6O2. The molecule has 1 aromatic carbocycles. The largest absolute Gasteiger partial charge is 0.335 e. The molecule has 0 aliphatic carbocycles. The van der Waals surface area contributed by atoms with E-state index in [-0.39, 0.29) is 17.6 Å². The highest BCUT2D eigenvalue weighted by molar-refractivity contribution is 6.03. The summed E-state index contributed by atoms with van der Waals surface area (Å²) < 4.78 is 1.89. The Hall–Kier alpha value is -3.18. The van der Waals surface area contributed by atoms with Crippen molar-refractivity contribution in [2.75, 3.05) is 38.5 Å². The summed E-state index contributed by atoms with van der Waals surface area (Å²) in [6.07, 6.45) is 2.69. The van der Waals surface area contributed by atoms with E-state index in [1.54, 1.807) is 24.3 Å². The van der Waals surface area contributed by atoms with Crippen LogP contribution in [0.5, 0.6) is 0 Å². The number of nitrogens with one attached hydrogen (secondary N) is 1. The van der Waals surface area contributed by atoms with E-state index in [0.717, 1.165) is 38.0 Å². The fourth-order valence-electron chi connectivity index (χ4n) is 3.90. The van der Waals surface area contributed by atoms with E-state index in [1.807, 2.05) is 16.5 Å². The molecule has 0 bridgehead atoms. The van der Waals surface area contributed by atoms with Crippen LogP contribution in [0.2, 0.25) is 0 Å². The Balaban J connectivity index is 1.61. The predicted molar refractivity (Wildman–Crippen MR) is 108 cm³/mol. The number of likely N-dealkylation sites (N-methyl/N-ethyl adjacent to an activating group) is 1. The van der Waals surface area contributed by atoms with Crippen molar-refractivity contribution in [3.63, 3.8) is 0 Å². The fourth-order valence-corrected chi connectivity index (χ4v) is 3.90. The first kappa shape index (κ1) is 19.2. The number of benzene rings is 1. The molecule has 1 fully saturated rings. The molecule has 2 aliphatic heterocycles. The molecule has 2 amide bonds. The van der Waals surface area contributed by atoms with Gasteiger partial charge in [-0.05, 0) is 44.5 Å². The number of imidazole rings is 1. The number of hydrogen-bond donors (Lipinski definition) is 1. The Kier molecular flexibility index (Phi) is 5.32. The van der Waals surface area contributed by atoms with E-state index in [1.165, 1.54) is 0 Å². The van der Waals surface area contributed by atoms with Gasteiger partial charge < -0.3 is 19.7 Å². The Labute approximate surface area is 169 Å². The zero-order valence-electron chi connectivity index (χ0n) is 16.5. The lowest BCUT2D eigenvalue weighted by molar-refractivity contribution is 0.0657. The third kappa shape index (κ3) is 3.87. The summed E-state index contributed by atoms with van der Waals surface area (Å²) in [7, 11) is 2.05. The lowest BCUT2D eigenvalue weighted by Crippen LogP contribution is -2.47. The number of rotatable bonds is 3. The van der Waals surface area contributed by atoms with Crippen molar-refractivity contribution in [1.29, 1.82) is 5.26 Å². The molecule has 3 heterocycles. The molecule has 0 atom stereocenters. The summed E-state index contributed by atoms with van der Waals surface area (Å²) >= 11 is 0. The molecule has 0 spiro atoms. The monoisotopic (exact) mass is 392 g/mol. The second-order valence-corrected chi connectivity index (χ2v) is 7.58. The Morgan fingerprint density at radius 3 is 2.69 bits per heavy atom. The second kappa shape index (κ2) is 8.05. The van der Waals surface area contributed by atoms with Crippen molar-refractivity contribution in [2.45, 2.75) is 25.8 Å². The van der Waals surface area contributed by atoms with Crippen LogP contribution >= 0.6 is 0 Å². The summed E-state index contributed by atoms with van der Waals surface area (Å²) in [5.41, 5.74) is 2.27. The first-order valence-corrected chi connectivity index (χ1v) is 9.95. The highest BCUT2D eigenvalue weighted by Crippen LogP contribution is 2.23. The highest BCUT2D eigenvalue weighted by Gasteiger charge is 2.30. The minimum Gasteiger partial charge on any atom is -0.335 e. The normalized spacial score (nSPS) is 16.8. The van der Waals surface area contributed by atoms with Crippen molar-refractivity contribution in [3.05, 3.63) is 47.0 Å². The summed E-state index contributed by atoms with van der Waals surface area (Å²) in [5.74, 6) is -0.186. The van der Waals surface area contributed by atoms with Gasteiger partial charge in [-0.1, -0.05) is 6.07 Å². The number of amides is 2. The van der Waals surface area contributed by atoms with Crippen molar-refractivity contribution in [1.82, 2.24) is 19.4 Å². The summed E-state index contributed by atoms with van der Waals surface area (Å²) in [4.78, 5) is 34.6. The van der Waals surface area contributed by atoms with Crippen LogP contribution in [0.25, 0.3) is 0 Å². The highest BCUT2D eigenvalue weighted by atomic mass is 16.2. The number of carbonyl (C=O) groups excluding carboxylic acids is 2. The van der Waals surface area contributed by atoms with Gasteiger partial charge in [0.2, 0.25) is 0 Å². The molecule has 1 saturated heterocycles. The van der Waals surface area contributed by atoms with Gasteiger partial charge in [-0.25, -0.2) is 4.98 Å². The SMILES string of the molecule is CN1CCN(C(=O)c2nc(C(=O)Nc3cccc(C#N)c3)n3c2CCCC3)CC1. The number of nitrogens with zero attached hydrogens (tertiary/aromatic N) is 5. The number of hydrogen-bond acceptors (Lipinski definition) is 5. The maximum atomic E-state index is 13.1. The Morgan fingerprint density at radius 2 is 1.93 bits per heavy atom. The van der Waals surface area contributed by atoms with Crippen LogP contribution in [0.15, 0.2) is 24.3 Å². The number of nitriles is 1. The van der Waals surface area contributed by atoms with Gasteiger partial charge in [-0.15, -0.1) is 0 Å². The molecule has 0 unspecified atom stereocenters. The topological polar surface area (TPSA) is 94.3 Å². The van der Waals surface area contributed by atoms with Crippen LogP contribution in [-0.2, 0) is 13.0 Å². The Bertz CT molecular complexity index is 982. The minimum absolute atomic E-state index is 0.0886. The van der Waals surface area contributed by atoms with Crippen LogP contribution in [0, 0.1) is 11.3 Å². The molecule has 8 nitrogen and oxygen atoms in total. The van der Waals surface area contributed by atoms with Gasteiger partial charge >= 0.3 is 0 Å². The van der Waals surface area contributed by atoms with Gasteiger partial charge in [0.25, 0.3) is 11.8 Å². The van der Waals surface area contributed by atoms with E-state index >= 15 is 0 Å². The van der Waals surface area contributed by atoms with Crippen LogP contribution in [0.1, 0.15) is 45.2 Å². The smallest absolute Gasteiger partial charge is 0.291 e. The number of anilines is 1. The number of carbonyl (C=O) groups is 2. The molecule has 0 saturated carbocycles. The van der Waals surface area contributed by atoms with Gasteiger partial charge in [0.05, 0.1) is 17.3 Å². The van der Waals surface area contributed by atoms with E-state index in [0.29, 0.717) is 36.6 Å². The van der Waals surface area contributed by atoms with E-state index in [4.69, 9.17) is 5.26 Å². The maximum absolute atomic E-state index is 13.1. The molecule has 1 aromatic heterocycles. The Morgan fingerprint density at radius 1 is 1.14 bits per heavy atom. The fraction of sp³-hybridized carbons (Fsp3) is 0.429. The van der Waals surface area contributed by atoms with Crippen LogP contribution < -0.4 is 5.32 Å². The lowest BCUT2D eigenvalue weighted by Gasteiger charge is -2.32.